The van der Waals surface area contributed by atoms with Crippen LogP contribution in [0.1, 0.15) is 21.5 Å². The number of aryl methyl sites for hydroxylation is 1. The molecule has 2 unspecified atom stereocenters. The van der Waals surface area contributed by atoms with Crippen molar-refractivity contribution in [2.75, 3.05) is 7.11 Å². The van der Waals surface area contributed by atoms with Crippen molar-refractivity contribution in [2.45, 2.75) is 24.3 Å². The average molecular weight is 333 g/mol. The van der Waals surface area contributed by atoms with Crippen molar-refractivity contribution in [3.63, 3.8) is 0 Å². The fraction of sp³-hybridized carbons (Fsp3) is 0.294. The number of hydrogen-bond acceptors (Lipinski definition) is 2. The van der Waals surface area contributed by atoms with E-state index < -0.39 is 0 Å². The molecule has 0 amide bonds. The van der Waals surface area contributed by atoms with Crippen molar-refractivity contribution >= 4 is 15.9 Å². The summed E-state index contributed by atoms with van der Waals surface area (Å²) in [5.41, 5.74) is 3.64. The fourth-order valence-electron chi connectivity index (χ4n) is 2.64. The second-order valence-electron chi connectivity index (χ2n) is 5.12. The number of hydrogen-bond donors (Lipinski definition) is 0. The van der Waals surface area contributed by atoms with Crippen molar-refractivity contribution in [3.8, 4) is 11.5 Å². The number of benzene rings is 2. The number of rotatable bonds is 3. The highest BCUT2D eigenvalue weighted by molar-refractivity contribution is 9.09. The lowest BCUT2D eigenvalue weighted by Gasteiger charge is -2.20. The van der Waals surface area contributed by atoms with E-state index in [0.29, 0.717) is 0 Å². The van der Waals surface area contributed by atoms with Crippen LogP contribution in [0.25, 0.3) is 0 Å². The Labute approximate surface area is 127 Å². The zero-order valence-corrected chi connectivity index (χ0v) is 13.2. The summed E-state index contributed by atoms with van der Waals surface area (Å²) in [7, 11) is 1.71. The monoisotopic (exact) mass is 332 g/mol. The molecule has 1 heterocycles. The van der Waals surface area contributed by atoms with Gasteiger partial charge >= 0.3 is 0 Å². The molecule has 0 fully saturated rings. The van der Waals surface area contributed by atoms with Crippen molar-refractivity contribution in [1.29, 1.82) is 0 Å². The molecule has 1 aliphatic heterocycles. The largest absolute Gasteiger partial charge is 0.496 e. The molecule has 104 valence electrons. The van der Waals surface area contributed by atoms with Gasteiger partial charge in [-0.25, -0.2) is 0 Å². The summed E-state index contributed by atoms with van der Waals surface area (Å²) in [4.78, 5) is 0.116. The molecule has 2 nitrogen and oxygen atoms in total. The van der Waals surface area contributed by atoms with Gasteiger partial charge in [0.1, 0.15) is 17.6 Å². The molecule has 0 saturated heterocycles. The fourth-order valence-corrected chi connectivity index (χ4v) is 3.29. The van der Waals surface area contributed by atoms with Gasteiger partial charge in [-0.3, -0.25) is 0 Å². The van der Waals surface area contributed by atoms with Crippen LogP contribution >= 0.6 is 15.9 Å². The van der Waals surface area contributed by atoms with Gasteiger partial charge in [0.2, 0.25) is 0 Å². The third kappa shape index (κ3) is 2.42. The molecule has 0 saturated carbocycles. The first-order chi connectivity index (χ1) is 9.69. The molecule has 0 spiro atoms. The number of alkyl halides is 1. The number of para-hydroxylation sites is 1. The van der Waals surface area contributed by atoms with Gasteiger partial charge in [0, 0.05) is 12.0 Å². The Morgan fingerprint density at radius 3 is 2.80 bits per heavy atom. The van der Waals surface area contributed by atoms with E-state index >= 15 is 0 Å². The third-order valence-electron chi connectivity index (χ3n) is 3.68. The van der Waals surface area contributed by atoms with E-state index in [0.717, 1.165) is 23.5 Å². The molecule has 0 aromatic heterocycles. The predicted molar refractivity (Wildman–Crippen MR) is 84.0 cm³/mol. The highest BCUT2D eigenvalue weighted by Crippen LogP contribution is 2.41. The summed E-state index contributed by atoms with van der Waals surface area (Å²) in [6, 6.07) is 14.5. The van der Waals surface area contributed by atoms with Gasteiger partial charge in [0.15, 0.2) is 0 Å². The molecular formula is C17H17BrO2. The van der Waals surface area contributed by atoms with E-state index in [1.807, 2.05) is 18.2 Å². The van der Waals surface area contributed by atoms with Gasteiger partial charge in [-0.1, -0.05) is 51.8 Å². The Kier molecular flexibility index (Phi) is 3.70. The molecule has 2 atom stereocenters. The van der Waals surface area contributed by atoms with Crippen LogP contribution in [0.4, 0.5) is 0 Å². The van der Waals surface area contributed by atoms with E-state index in [1.54, 1.807) is 7.11 Å². The minimum atomic E-state index is 0.100. The molecule has 0 radical (unpaired) electrons. The number of ether oxygens (including phenoxy) is 2. The molecule has 20 heavy (non-hydrogen) atoms. The lowest BCUT2D eigenvalue weighted by molar-refractivity contribution is 0.230. The van der Waals surface area contributed by atoms with Gasteiger partial charge in [0.05, 0.1) is 11.9 Å². The standard InChI is InChI=1S/C17H17BrO2/c1-11-7-8-15(19-2)13(9-11)17(18)16-10-12-5-3-4-6-14(12)20-16/h3-9,16-17H,10H2,1-2H3. The summed E-state index contributed by atoms with van der Waals surface area (Å²) in [5, 5.41) is 0. The van der Waals surface area contributed by atoms with Crippen LogP contribution in [0.15, 0.2) is 42.5 Å². The molecular weight excluding hydrogens is 316 g/mol. The lowest BCUT2D eigenvalue weighted by Crippen LogP contribution is -2.19. The maximum atomic E-state index is 6.06. The van der Waals surface area contributed by atoms with Crippen LogP contribution < -0.4 is 9.47 Å². The zero-order chi connectivity index (χ0) is 14.1. The summed E-state index contributed by atoms with van der Waals surface area (Å²) in [6.07, 6.45) is 1.02. The van der Waals surface area contributed by atoms with E-state index in [1.165, 1.54) is 11.1 Å². The van der Waals surface area contributed by atoms with E-state index in [4.69, 9.17) is 9.47 Å². The molecule has 3 heteroatoms. The van der Waals surface area contributed by atoms with Crippen LogP contribution in [0.2, 0.25) is 0 Å². The Morgan fingerprint density at radius 2 is 2.05 bits per heavy atom. The number of methoxy groups -OCH3 is 1. The Bertz CT molecular complexity index is 599. The highest BCUT2D eigenvalue weighted by Gasteiger charge is 2.31. The van der Waals surface area contributed by atoms with E-state index in [2.05, 4.69) is 47.1 Å². The quantitative estimate of drug-likeness (QED) is 0.773. The van der Waals surface area contributed by atoms with Gasteiger partial charge in [0.25, 0.3) is 0 Å². The summed E-state index contributed by atoms with van der Waals surface area (Å²) >= 11 is 3.79. The van der Waals surface area contributed by atoms with Crippen LogP contribution in [0.3, 0.4) is 0 Å². The SMILES string of the molecule is COc1ccc(C)cc1C(Br)C1Cc2ccccc2O1. The summed E-state index contributed by atoms with van der Waals surface area (Å²) in [5.74, 6) is 1.89. The predicted octanol–water partition coefficient (Wildman–Crippen LogP) is 4.44. The number of fused-ring (bicyclic) bond motifs is 1. The maximum absolute atomic E-state index is 6.06. The van der Waals surface area contributed by atoms with Crippen LogP contribution in [0.5, 0.6) is 11.5 Å². The first kappa shape index (κ1) is 13.5. The molecule has 3 rings (SSSR count). The van der Waals surface area contributed by atoms with E-state index in [9.17, 15) is 0 Å². The zero-order valence-electron chi connectivity index (χ0n) is 11.6. The van der Waals surface area contributed by atoms with Crippen LogP contribution in [0, 0.1) is 6.92 Å². The Hall–Kier alpha value is -1.48. The van der Waals surface area contributed by atoms with Gasteiger partial charge in [-0.2, -0.15) is 0 Å². The lowest BCUT2D eigenvalue weighted by atomic mass is 10.0. The minimum absolute atomic E-state index is 0.100. The second kappa shape index (κ2) is 5.49. The minimum Gasteiger partial charge on any atom is -0.496 e. The van der Waals surface area contributed by atoms with Gasteiger partial charge in [-0.15, -0.1) is 0 Å². The molecule has 2 aromatic carbocycles. The van der Waals surface area contributed by atoms with Crippen LogP contribution in [-0.2, 0) is 6.42 Å². The normalized spacial score (nSPS) is 18.2. The molecule has 2 aromatic rings. The smallest absolute Gasteiger partial charge is 0.123 e. The maximum Gasteiger partial charge on any atom is 0.123 e. The molecule has 0 aliphatic carbocycles. The van der Waals surface area contributed by atoms with Crippen LogP contribution in [-0.4, -0.2) is 13.2 Å². The topological polar surface area (TPSA) is 18.5 Å². The summed E-state index contributed by atoms with van der Waals surface area (Å²) < 4.78 is 11.5. The first-order valence-electron chi connectivity index (χ1n) is 6.72. The first-order valence-corrected chi connectivity index (χ1v) is 7.64. The van der Waals surface area contributed by atoms with Crippen molar-refractivity contribution in [2.24, 2.45) is 0 Å². The highest BCUT2D eigenvalue weighted by atomic mass is 79.9. The van der Waals surface area contributed by atoms with Crippen molar-refractivity contribution in [1.82, 2.24) is 0 Å². The van der Waals surface area contributed by atoms with Gasteiger partial charge in [-0.05, 0) is 24.6 Å². The Morgan fingerprint density at radius 1 is 1.25 bits per heavy atom. The molecule has 0 N–H and O–H groups in total. The van der Waals surface area contributed by atoms with Crippen molar-refractivity contribution < 1.29 is 9.47 Å². The Balaban J connectivity index is 1.88. The van der Waals surface area contributed by atoms with Crippen molar-refractivity contribution in [3.05, 3.63) is 59.2 Å². The second-order valence-corrected chi connectivity index (χ2v) is 6.10. The number of halogens is 1. The van der Waals surface area contributed by atoms with E-state index in [-0.39, 0.29) is 10.9 Å². The molecule has 1 aliphatic rings. The average Bonchev–Trinajstić information content (AvgIpc) is 2.90. The third-order valence-corrected chi connectivity index (χ3v) is 4.76. The summed E-state index contributed by atoms with van der Waals surface area (Å²) in [6.45, 7) is 2.09. The molecule has 0 bridgehead atoms. The van der Waals surface area contributed by atoms with Gasteiger partial charge < -0.3 is 9.47 Å².